The first-order chi connectivity index (χ1) is 22.1. The smallest absolute Gasteiger partial charge is 0.343 e. The van der Waals surface area contributed by atoms with Gasteiger partial charge in [0.2, 0.25) is 0 Å². The topological polar surface area (TPSA) is 149 Å². The van der Waals surface area contributed by atoms with Gasteiger partial charge >= 0.3 is 11.9 Å². The maximum atomic E-state index is 14.0. The van der Waals surface area contributed by atoms with Gasteiger partial charge in [0.1, 0.15) is 5.75 Å². The standard InChI is InChI=1S/C32H26BrN3O9S/c1-5-44-31(39)27-17(2)34-32-35(28(27)22-15-24(42-3)25(43-4)16-23(22)33)29(37)26(46-32)13-18-9-11-21(12-10-18)45-30(38)19-7-6-8-20(14-19)36(40)41/h6-16,28H,5H2,1-4H3/b26-13-/t28-/m0/s1. The maximum absolute atomic E-state index is 14.0. The SMILES string of the molecule is CCOC(=O)C1=C(C)N=c2s/c(=C\c3ccc(OC(=O)c4cccc([N+](=O)[O-])c4)cc3)c(=O)n2[C@H]1c1cc(OC)c(OC)cc1Br. The molecule has 0 fully saturated rings. The summed E-state index contributed by atoms with van der Waals surface area (Å²) in [5, 5.41) is 11.0. The number of benzene rings is 3. The molecule has 0 saturated heterocycles. The third kappa shape index (κ3) is 6.34. The summed E-state index contributed by atoms with van der Waals surface area (Å²) in [5.74, 6) is -0.267. The summed E-state index contributed by atoms with van der Waals surface area (Å²) in [6.07, 6.45) is 1.67. The van der Waals surface area contributed by atoms with Gasteiger partial charge in [-0.1, -0.05) is 45.5 Å². The number of carbonyl (C=O) groups is 2. The van der Waals surface area contributed by atoms with Crippen LogP contribution in [0.15, 0.2) is 86.2 Å². The van der Waals surface area contributed by atoms with E-state index < -0.39 is 22.9 Å². The first-order valence-corrected chi connectivity index (χ1v) is 15.3. The summed E-state index contributed by atoms with van der Waals surface area (Å²) in [6.45, 7) is 3.53. The van der Waals surface area contributed by atoms with E-state index >= 15 is 0 Å². The Morgan fingerprint density at radius 3 is 2.41 bits per heavy atom. The molecule has 0 unspecified atom stereocenters. The van der Waals surface area contributed by atoms with Crippen LogP contribution in [-0.4, -0.2) is 42.3 Å². The molecule has 0 radical (unpaired) electrons. The van der Waals surface area contributed by atoms with Gasteiger partial charge in [0, 0.05) is 16.6 Å². The number of aromatic nitrogens is 1. The summed E-state index contributed by atoms with van der Waals surface area (Å²) >= 11 is 4.74. The average Bonchev–Trinajstić information content (AvgIpc) is 3.34. The Kier molecular flexibility index (Phi) is 9.49. The normalized spacial score (nSPS) is 14.3. The van der Waals surface area contributed by atoms with Gasteiger partial charge < -0.3 is 18.9 Å². The highest BCUT2D eigenvalue weighted by atomic mass is 79.9. The van der Waals surface area contributed by atoms with Crippen molar-refractivity contribution in [1.82, 2.24) is 4.57 Å². The molecule has 1 aliphatic rings. The van der Waals surface area contributed by atoms with E-state index in [1.807, 2.05) is 0 Å². The van der Waals surface area contributed by atoms with E-state index in [0.29, 0.717) is 42.1 Å². The van der Waals surface area contributed by atoms with Gasteiger partial charge in [-0.05, 0) is 61.4 Å². The molecule has 0 N–H and O–H groups in total. The lowest BCUT2D eigenvalue weighted by atomic mass is 9.95. The Hall–Kier alpha value is -5.08. The van der Waals surface area contributed by atoms with Crippen molar-refractivity contribution in [2.24, 2.45) is 4.99 Å². The summed E-state index contributed by atoms with van der Waals surface area (Å²) in [7, 11) is 3.00. The second-order valence-electron chi connectivity index (χ2n) is 9.80. The molecule has 0 amide bonds. The van der Waals surface area contributed by atoms with E-state index in [-0.39, 0.29) is 34.7 Å². The fourth-order valence-corrected chi connectivity index (χ4v) is 6.45. The number of carbonyl (C=O) groups excluding carboxylic acids is 2. The molecule has 0 saturated carbocycles. The number of non-ortho nitro benzene ring substituents is 1. The Morgan fingerprint density at radius 2 is 1.76 bits per heavy atom. The Balaban J connectivity index is 1.54. The number of nitro groups is 1. The van der Waals surface area contributed by atoms with E-state index in [0.717, 1.165) is 17.4 Å². The number of fused-ring (bicyclic) bond motifs is 1. The highest BCUT2D eigenvalue weighted by Gasteiger charge is 2.35. The molecule has 14 heteroatoms. The molecule has 236 valence electrons. The van der Waals surface area contributed by atoms with Gasteiger partial charge in [0.15, 0.2) is 16.3 Å². The van der Waals surface area contributed by atoms with Crippen LogP contribution in [0.4, 0.5) is 5.69 Å². The van der Waals surface area contributed by atoms with Gasteiger partial charge in [0.05, 0.1) is 53.2 Å². The molecule has 12 nitrogen and oxygen atoms in total. The Labute approximate surface area is 274 Å². The van der Waals surface area contributed by atoms with Crippen LogP contribution in [0.5, 0.6) is 17.2 Å². The molecule has 46 heavy (non-hydrogen) atoms. The second-order valence-corrected chi connectivity index (χ2v) is 11.7. The fourth-order valence-electron chi connectivity index (χ4n) is 4.86. The van der Waals surface area contributed by atoms with Gasteiger partial charge in [-0.15, -0.1) is 0 Å². The maximum Gasteiger partial charge on any atom is 0.343 e. The molecular formula is C32H26BrN3O9S. The molecular weight excluding hydrogens is 682 g/mol. The minimum Gasteiger partial charge on any atom is -0.493 e. The van der Waals surface area contributed by atoms with Crippen LogP contribution in [0, 0.1) is 10.1 Å². The number of hydrogen-bond acceptors (Lipinski definition) is 11. The molecule has 5 rings (SSSR count). The fraction of sp³-hybridized carbons (Fsp3) is 0.188. The van der Waals surface area contributed by atoms with E-state index in [1.165, 1.54) is 37.0 Å². The molecule has 1 aliphatic heterocycles. The summed E-state index contributed by atoms with van der Waals surface area (Å²) in [6, 6.07) is 14.2. The molecule has 2 heterocycles. The van der Waals surface area contributed by atoms with E-state index in [2.05, 4.69) is 20.9 Å². The molecule has 0 bridgehead atoms. The average molecular weight is 709 g/mol. The summed E-state index contributed by atoms with van der Waals surface area (Å²) < 4.78 is 24.1. The van der Waals surface area contributed by atoms with Gasteiger partial charge in [0.25, 0.3) is 11.2 Å². The number of halogens is 1. The molecule has 3 aromatic carbocycles. The van der Waals surface area contributed by atoms with Crippen molar-refractivity contribution in [3.05, 3.63) is 123 Å². The number of ether oxygens (including phenoxy) is 4. The number of rotatable bonds is 9. The number of nitrogens with zero attached hydrogens (tertiary/aromatic N) is 3. The van der Waals surface area contributed by atoms with Crippen LogP contribution in [0.3, 0.4) is 0 Å². The number of methoxy groups -OCH3 is 2. The number of hydrogen-bond donors (Lipinski definition) is 0. The van der Waals surface area contributed by atoms with Crippen molar-refractivity contribution < 1.29 is 33.5 Å². The predicted molar refractivity (Wildman–Crippen MR) is 172 cm³/mol. The zero-order valence-electron chi connectivity index (χ0n) is 24.9. The lowest BCUT2D eigenvalue weighted by Gasteiger charge is -2.26. The number of thiazole rings is 1. The van der Waals surface area contributed by atoms with Crippen LogP contribution >= 0.6 is 27.3 Å². The van der Waals surface area contributed by atoms with Crippen LogP contribution < -0.4 is 29.1 Å². The summed E-state index contributed by atoms with van der Waals surface area (Å²) in [4.78, 5) is 55.2. The quantitative estimate of drug-likeness (QED) is 0.104. The van der Waals surface area contributed by atoms with Crippen molar-refractivity contribution in [1.29, 1.82) is 0 Å². The van der Waals surface area contributed by atoms with Crippen LogP contribution in [0.2, 0.25) is 0 Å². The Bertz CT molecular complexity index is 2080. The highest BCUT2D eigenvalue weighted by molar-refractivity contribution is 9.10. The molecule has 0 spiro atoms. The molecule has 1 aromatic heterocycles. The predicted octanol–water partition coefficient (Wildman–Crippen LogP) is 4.71. The van der Waals surface area contributed by atoms with Crippen molar-refractivity contribution in [2.75, 3.05) is 20.8 Å². The zero-order valence-corrected chi connectivity index (χ0v) is 27.3. The number of allylic oxidation sites excluding steroid dienone is 1. The first-order valence-electron chi connectivity index (χ1n) is 13.7. The zero-order chi connectivity index (χ0) is 33.1. The van der Waals surface area contributed by atoms with Crippen molar-refractivity contribution in [2.45, 2.75) is 19.9 Å². The second kappa shape index (κ2) is 13.5. The van der Waals surface area contributed by atoms with Crippen molar-refractivity contribution in [3.8, 4) is 17.2 Å². The van der Waals surface area contributed by atoms with Gasteiger partial charge in [-0.3, -0.25) is 19.5 Å². The minimum absolute atomic E-state index is 0.0348. The Morgan fingerprint density at radius 1 is 1.07 bits per heavy atom. The monoisotopic (exact) mass is 707 g/mol. The van der Waals surface area contributed by atoms with Gasteiger partial charge in [-0.2, -0.15) is 0 Å². The van der Waals surface area contributed by atoms with Crippen LogP contribution in [0.25, 0.3) is 6.08 Å². The minimum atomic E-state index is -0.887. The van der Waals surface area contributed by atoms with Crippen LogP contribution in [0.1, 0.15) is 41.4 Å². The lowest BCUT2D eigenvalue weighted by Crippen LogP contribution is -2.40. The van der Waals surface area contributed by atoms with E-state index in [9.17, 15) is 24.5 Å². The van der Waals surface area contributed by atoms with E-state index in [1.54, 1.807) is 56.3 Å². The highest BCUT2D eigenvalue weighted by Crippen LogP contribution is 2.40. The summed E-state index contributed by atoms with van der Waals surface area (Å²) in [5.41, 5.74) is 1.25. The van der Waals surface area contributed by atoms with Crippen LogP contribution in [-0.2, 0) is 9.53 Å². The van der Waals surface area contributed by atoms with Crippen molar-refractivity contribution in [3.63, 3.8) is 0 Å². The molecule has 1 atom stereocenters. The lowest BCUT2D eigenvalue weighted by molar-refractivity contribution is -0.384. The van der Waals surface area contributed by atoms with E-state index in [4.69, 9.17) is 18.9 Å². The third-order valence-electron chi connectivity index (χ3n) is 7.00. The van der Waals surface area contributed by atoms with Gasteiger partial charge in [-0.25, -0.2) is 14.6 Å². The largest absolute Gasteiger partial charge is 0.493 e. The molecule has 4 aromatic rings. The third-order valence-corrected chi connectivity index (χ3v) is 8.67. The van der Waals surface area contributed by atoms with Crippen molar-refractivity contribution >= 4 is 51.0 Å². The molecule has 0 aliphatic carbocycles. The number of esters is 2. The first kappa shape index (κ1) is 32.3. The number of nitro benzene ring substituents is 1.